The Bertz CT molecular complexity index is 486. The fourth-order valence-corrected chi connectivity index (χ4v) is 2.89. The predicted octanol–water partition coefficient (Wildman–Crippen LogP) is 2.13. The molecule has 4 nitrogen and oxygen atoms in total. The lowest BCUT2D eigenvalue weighted by molar-refractivity contribution is 0.161. The van der Waals surface area contributed by atoms with Gasteiger partial charge in [0.15, 0.2) is 0 Å². The van der Waals surface area contributed by atoms with Crippen LogP contribution in [0.25, 0.3) is 0 Å². The monoisotopic (exact) mass is 301 g/mol. The van der Waals surface area contributed by atoms with Crippen molar-refractivity contribution in [1.29, 1.82) is 5.26 Å². The van der Waals surface area contributed by atoms with Gasteiger partial charge in [-0.15, -0.1) is 0 Å². The first-order valence-electron chi connectivity index (χ1n) is 8.20. The first-order chi connectivity index (χ1) is 10.6. The van der Waals surface area contributed by atoms with E-state index in [2.05, 4.69) is 30.1 Å². The number of rotatable bonds is 6. The Morgan fingerprint density at radius 2 is 1.91 bits per heavy atom. The Kier molecular flexibility index (Phi) is 6.38. The van der Waals surface area contributed by atoms with Crippen LogP contribution in [0.5, 0.6) is 0 Å². The van der Waals surface area contributed by atoms with Crippen LogP contribution >= 0.6 is 0 Å². The summed E-state index contributed by atoms with van der Waals surface area (Å²) < 4.78 is 0. The number of hydrogen-bond acceptors (Lipinski definition) is 4. The van der Waals surface area contributed by atoms with Gasteiger partial charge >= 0.3 is 0 Å². The average molecular weight is 301 g/mol. The molecule has 22 heavy (non-hydrogen) atoms. The zero-order valence-corrected chi connectivity index (χ0v) is 13.6. The van der Waals surface area contributed by atoms with Crippen molar-refractivity contribution < 1.29 is 5.11 Å². The van der Waals surface area contributed by atoms with E-state index in [4.69, 9.17) is 5.26 Å². The van der Waals surface area contributed by atoms with Crippen LogP contribution in [0.2, 0.25) is 0 Å². The van der Waals surface area contributed by atoms with Crippen LogP contribution < -0.4 is 5.32 Å². The Hall–Kier alpha value is -1.41. The molecule has 1 saturated heterocycles. The summed E-state index contributed by atoms with van der Waals surface area (Å²) in [6.45, 7) is 7.63. The van der Waals surface area contributed by atoms with Crippen LogP contribution in [0.15, 0.2) is 24.3 Å². The molecule has 1 heterocycles. The average Bonchev–Trinajstić information content (AvgIpc) is 2.56. The summed E-state index contributed by atoms with van der Waals surface area (Å²) in [7, 11) is 0. The molecular formula is C18H27N3O. The van der Waals surface area contributed by atoms with E-state index < -0.39 is 0 Å². The fraction of sp³-hybridized carbons (Fsp3) is 0.611. The van der Waals surface area contributed by atoms with Crippen molar-refractivity contribution in [3.05, 3.63) is 35.4 Å². The van der Waals surface area contributed by atoms with Crippen molar-refractivity contribution in [2.75, 3.05) is 19.7 Å². The summed E-state index contributed by atoms with van der Waals surface area (Å²) >= 11 is 0. The van der Waals surface area contributed by atoms with Crippen LogP contribution in [-0.2, 0) is 6.54 Å². The van der Waals surface area contributed by atoms with E-state index in [1.54, 1.807) is 0 Å². The maximum Gasteiger partial charge on any atom is 0.0991 e. The summed E-state index contributed by atoms with van der Waals surface area (Å²) in [5.41, 5.74) is 1.99. The molecule has 2 rings (SSSR count). The summed E-state index contributed by atoms with van der Waals surface area (Å²) in [6, 6.07) is 11.0. The van der Waals surface area contributed by atoms with Gasteiger partial charge in [0.25, 0.3) is 0 Å². The molecule has 0 bridgehead atoms. The highest BCUT2D eigenvalue weighted by Crippen LogP contribution is 2.16. The van der Waals surface area contributed by atoms with Crippen molar-refractivity contribution in [3.63, 3.8) is 0 Å². The van der Waals surface area contributed by atoms with Gasteiger partial charge in [0.1, 0.15) is 0 Å². The Morgan fingerprint density at radius 3 is 2.45 bits per heavy atom. The Labute approximate surface area is 133 Å². The maximum absolute atomic E-state index is 9.21. The number of nitrogens with zero attached hydrogens (tertiary/aromatic N) is 2. The number of aliphatic hydroxyl groups is 1. The predicted molar refractivity (Wildman–Crippen MR) is 88.3 cm³/mol. The van der Waals surface area contributed by atoms with E-state index in [0.717, 1.165) is 38.0 Å². The summed E-state index contributed by atoms with van der Waals surface area (Å²) in [6.07, 6.45) is 2.30. The SMILES string of the molecule is CC(CO)C(C)NC1CCN(Cc2ccc(C#N)cc2)CC1. The topological polar surface area (TPSA) is 59.3 Å². The normalized spacial score (nSPS) is 19.5. The van der Waals surface area contributed by atoms with Gasteiger partial charge in [-0.2, -0.15) is 5.26 Å². The third-order valence-electron chi connectivity index (χ3n) is 4.72. The van der Waals surface area contributed by atoms with E-state index in [1.807, 2.05) is 24.3 Å². The van der Waals surface area contributed by atoms with Crippen LogP contribution in [0.3, 0.4) is 0 Å². The molecule has 4 heteroatoms. The molecule has 0 radical (unpaired) electrons. The second-order valence-electron chi connectivity index (χ2n) is 6.47. The van der Waals surface area contributed by atoms with Gasteiger partial charge in [0.05, 0.1) is 11.6 Å². The van der Waals surface area contributed by atoms with E-state index >= 15 is 0 Å². The Morgan fingerprint density at radius 1 is 1.27 bits per heavy atom. The van der Waals surface area contributed by atoms with Crippen molar-refractivity contribution >= 4 is 0 Å². The standard InChI is InChI=1S/C18H27N3O/c1-14(13-22)15(2)20-18-7-9-21(10-8-18)12-17-5-3-16(11-19)4-6-17/h3-6,14-15,18,20,22H,7-10,12-13H2,1-2H3. The van der Waals surface area contributed by atoms with Crippen molar-refractivity contribution in [1.82, 2.24) is 10.2 Å². The van der Waals surface area contributed by atoms with Gasteiger partial charge in [-0.3, -0.25) is 4.90 Å². The number of aliphatic hydroxyl groups excluding tert-OH is 1. The second-order valence-corrected chi connectivity index (χ2v) is 6.47. The van der Waals surface area contributed by atoms with Crippen molar-refractivity contribution in [2.24, 2.45) is 5.92 Å². The molecule has 1 aliphatic rings. The molecule has 1 aromatic rings. The molecular weight excluding hydrogens is 274 g/mol. The maximum atomic E-state index is 9.21. The molecule has 2 atom stereocenters. The first kappa shape index (κ1) is 17.0. The minimum absolute atomic E-state index is 0.242. The molecule has 0 spiro atoms. The largest absolute Gasteiger partial charge is 0.396 e. The number of benzene rings is 1. The van der Waals surface area contributed by atoms with Crippen LogP contribution in [0.4, 0.5) is 0 Å². The number of likely N-dealkylation sites (tertiary alicyclic amines) is 1. The molecule has 0 aliphatic carbocycles. The third kappa shape index (κ3) is 4.81. The fourth-order valence-electron chi connectivity index (χ4n) is 2.89. The van der Waals surface area contributed by atoms with Gasteiger partial charge < -0.3 is 10.4 Å². The molecule has 0 amide bonds. The summed E-state index contributed by atoms with van der Waals surface area (Å²) in [5.74, 6) is 0.302. The zero-order chi connectivity index (χ0) is 15.9. The molecule has 2 unspecified atom stereocenters. The quantitative estimate of drug-likeness (QED) is 0.845. The highest BCUT2D eigenvalue weighted by molar-refractivity contribution is 5.31. The molecule has 0 aromatic heterocycles. The number of nitrogens with one attached hydrogen (secondary N) is 1. The lowest BCUT2D eigenvalue weighted by atomic mass is 9.99. The lowest BCUT2D eigenvalue weighted by Gasteiger charge is -2.35. The second kappa shape index (κ2) is 8.28. The number of piperidine rings is 1. The van der Waals surface area contributed by atoms with Crippen LogP contribution in [0, 0.1) is 17.2 Å². The van der Waals surface area contributed by atoms with Gasteiger partial charge in [-0.05, 0) is 56.5 Å². The van der Waals surface area contributed by atoms with Gasteiger partial charge in [-0.1, -0.05) is 19.1 Å². The highest BCUT2D eigenvalue weighted by atomic mass is 16.3. The minimum atomic E-state index is 0.242. The molecule has 0 saturated carbocycles. The van der Waals surface area contributed by atoms with E-state index in [-0.39, 0.29) is 6.61 Å². The first-order valence-corrected chi connectivity index (χ1v) is 8.20. The summed E-state index contributed by atoms with van der Waals surface area (Å²) in [4.78, 5) is 2.47. The highest BCUT2D eigenvalue weighted by Gasteiger charge is 2.22. The zero-order valence-electron chi connectivity index (χ0n) is 13.6. The van der Waals surface area contributed by atoms with Gasteiger partial charge in [0.2, 0.25) is 0 Å². The molecule has 2 N–H and O–H groups in total. The molecule has 1 aromatic carbocycles. The number of nitriles is 1. The van der Waals surface area contributed by atoms with E-state index in [9.17, 15) is 5.11 Å². The number of hydrogen-bond donors (Lipinski definition) is 2. The van der Waals surface area contributed by atoms with Gasteiger partial charge in [-0.25, -0.2) is 0 Å². The van der Waals surface area contributed by atoms with Crippen LogP contribution in [-0.4, -0.2) is 41.8 Å². The third-order valence-corrected chi connectivity index (χ3v) is 4.72. The van der Waals surface area contributed by atoms with E-state index in [0.29, 0.717) is 18.0 Å². The lowest BCUT2D eigenvalue weighted by Crippen LogP contribution is -2.47. The minimum Gasteiger partial charge on any atom is -0.396 e. The van der Waals surface area contributed by atoms with Crippen molar-refractivity contribution in [2.45, 2.75) is 45.3 Å². The summed E-state index contributed by atoms with van der Waals surface area (Å²) in [5, 5.41) is 21.7. The molecule has 1 aliphatic heterocycles. The smallest absolute Gasteiger partial charge is 0.0991 e. The molecule has 1 fully saturated rings. The van der Waals surface area contributed by atoms with Crippen LogP contribution in [0.1, 0.15) is 37.8 Å². The van der Waals surface area contributed by atoms with Gasteiger partial charge in [0, 0.05) is 25.2 Å². The van der Waals surface area contributed by atoms with Crippen molar-refractivity contribution in [3.8, 4) is 6.07 Å². The Balaban J connectivity index is 1.76. The molecule has 120 valence electrons. The van der Waals surface area contributed by atoms with E-state index in [1.165, 1.54) is 5.56 Å².